The van der Waals surface area contributed by atoms with Crippen molar-refractivity contribution in [3.05, 3.63) is 59.2 Å². The Morgan fingerprint density at radius 3 is 2.55 bits per heavy atom. The lowest BCUT2D eigenvalue weighted by Crippen LogP contribution is -2.17. The molecule has 0 heterocycles. The van der Waals surface area contributed by atoms with Crippen LogP contribution >= 0.6 is 0 Å². The Labute approximate surface area is 128 Å². The summed E-state index contributed by atoms with van der Waals surface area (Å²) in [5.41, 5.74) is 2.55. The first kappa shape index (κ1) is 15.0. The highest BCUT2D eigenvalue weighted by Gasteiger charge is 2.22. The number of fused-ring (bicyclic) bond motifs is 1. The van der Waals surface area contributed by atoms with E-state index in [4.69, 9.17) is 0 Å². The molecule has 0 fully saturated rings. The highest BCUT2D eigenvalue weighted by molar-refractivity contribution is 7.92. The second kappa shape index (κ2) is 5.68. The molecule has 2 aromatic rings. The first-order valence-electron chi connectivity index (χ1n) is 7.06. The van der Waals surface area contributed by atoms with E-state index in [0.717, 1.165) is 48.9 Å². The number of hydrogen-bond acceptors (Lipinski definition) is 2. The molecule has 0 aromatic heterocycles. The second-order valence-corrected chi connectivity index (χ2v) is 6.98. The van der Waals surface area contributed by atoms with Gasteiger partial charge in [-0.2, -0.15) is 0 Å². The van der Waals surface area contributed by atoms with Gasteiger partial charge < -0.3 is 0 Å². The van der Waals surface area contributed by atoms with Crippen molar-refractivity contribution in [3.8, 4) is 0 Å². The first-order valence-corrected chi connectivity index (χ1v) is 8.54. The van der Waals surface area contributed by atoms with Gasteiger partial charge in [0.2, 0.25) is 0 Å². The molecule has 3 nitrogen and oxygen atoms in total. The maximum atomic E-state index is 13.7. The summed E-state index contributed by atoms with van der Waals surface area (Å²) in [5.74, 6) is -1.91. The predicted octanol–water partition coefficient (Wildman–Crippen LogP) is 3.64. The van der Waals surface area contributed by atoms with Gasteiger partial charge in [0.25, 0.3) is 10.0 Å². The van der Waals surface area contributed by atoms with Crippen LogP contribution in [-0.2, 0) is 22.9 Å². The molecule has 116 valence electrons. The highest BCUT2D eigenvalue weighted by Crippen LogP contribution is 2.29. The number of aryl methyl sites for hydroxylation is 1. The number of sulfonamides is 1. The summed E-state index contributed by atoms with van der Waals surface area (Å²) < 4.78 is 53.8. The van der Waals surface area contributed by atoms with Crippen LogP contribution < -0.4 is 4.72 Å². The van der Waals surface area contributed by atoms with E-state index in [-0.39, 0.29) is 0 Å². The number of rotatable bonds is 3. The molecule has 6 heteroatoms. The average Bonchev–Trinajstić information content (AvgIpc) is 2.47. The molecule has 2 aromatic carbocycles. The topological polar surface area (TPSA) is 46.2 Å². The Morgan fingerprint density at radius 1 is 1.00 bits per heavy atom. The summed E-state index contributed by atoms with van der Waals surface area (Å²) in [6.07, 6.45) is 3.78. The van der Waals surface area contributed by atoms with Crippen molar-refractivity contribution in [1.29, 1.82) is 0 Å². The molecule has 1 N–H and O–H groups in total. The summed E-state index contributed by atoms with van der Waals surface area (Å²) in [7, 11) is -4.09. The fourth-order valence-electron chi connectivity index (χ4n) is 2.77. The van der Waals surface area contributed by atoms with Gasteiger partial charge in [0.1, 0.15) is 16.5 Å². The molecule has 0 saturated heterocycles. The van der Waals surface area contributed by atoms with Crippen molar-refractivity contribution in [1.82, 2.24) is 0 Å². The van der Waals surface area contributed by atoms with Crippen molar-refractivity contribution in [2.75, 3.05) is 4.72 Å². The zero-order chi connectivity index (χ0) is 15.7. The fraction of sp³-hybridized carbons (Fsp3) is 0.250. The summed E-state index contributed by atoms with van der Waals surface area (Å²) in [4.78, 5) is -0.553. The van der Waals surface area contributed by atoms with E-state index < -0.39 is 26.6 Å². The third kappa shape index (κ3) is 2.83. The van der Waals surface area contributed by atoms with E-state index in [9.17, 15) is 17.2 Å². The standard InChI is InChI=1S/C16H15F2NO2S/c17-12-8-9-16(14(18)10-12)22(20,21)19-15-7-3-5-11-4-1-2-6-13(11)15/h3,5,7-10,19H,1-2,4,6H2. The van der Waals surface area contributed by atoms with Gasteiger partial charge in [-0.05, 0) is 55.0 Å². The van der Waals surface area contributed by atoms with Crippen LogP contribution in [0.5, 0.6) is 0 Å². The van der Waals surface area contributed by atoms with Gasteiger partial charge in [0.05, 0.1) is 5.69 Å². The van der Waals surface area contributed by atoms with Crippen molar-refractivity contribution in [2.45, 2.75) is 30.6 Å². The van der Waals surface area contributed by atoms with E-state index in [0.29, 0.717) is 11.8 Å². The Bertz CT molecular complexity index is 819. The first-order chi connectivity index (χ1) is 10.5. The number of benzene rings is 2. The second-order valence-electron chi connectivity index (χ2n) is 5.33. The molecule has 0 bridgehead atoms. The van der Waals surface area contributed by atoms with Crippen LogP contribution in [0, 0.1) is 11.6 Å². The van der Waals surface area contributed by atoms with Gasteiger partial charge >= 0.3 is 0 Å². The summed E-state index contributed by atoms with van der Waals surface area (Å²) in [6.45, 7) is 0. The van der Waals surface area contributed by atoms with Gasteiger partial charge in [-0.3, -0.25) is 4.72 Å². The van der Waals surface area contributed by atoms with Gasteiger partial charge in [-0.15, -0.1) is 0 Å². The van der Waals surface area contributed by atoms with Crippen molar-refractivity contribution in [2.24, 2.45) is 0 Å². The monoisotopic (exact) mass is 323 g/mol. The molecular weight excluding hydrogens is 308 g/mol. The molecule has 3 rings (SSSR count). The molecule has 1 aliphatic carbocycles. The molecule has 0 amide bonds. The average molecular weight is 323 g/mol. The molecule has 0 aliphatic heterocycles. The maximum Gasteiger partial charge on any atom is 0.264 e. The lowest BCUT2D eigenvalue weighted by molar-refractivity contribution is 0.551. The Hall–Kier alpha value is -1.95. The van der Waals surface area contributed by atoms with Gasteiger partial charge in [-0.1, -0.05) is 12.1 Å². The van der Waals surface area contributed by atoms with Crippen LogP contribution in [0.3, 0.4) is 0 Å². The Kier molecular flexibility index (Phi) is 3.87. The molecule has 0 spiro atoms. The van der Waals surface area contributed by atoms with Gasteiger partial charge in [-0.25, -0.2) is 17.2 Å². The van der Waals surface area contributed by atoms with E-state index in [1.165, 1.54) is 0 Å². The molecular formula is C16H15F2NO2S. The largest absolute Gasteiger partial charge is 0.279 e. The van der Waals surface area contributed by atoms with Gasteiger partial charge in [0, 0.05) is 6.07 Å². The SMILES string of the molecule is O=S(=O)(Nc1cccc2c1CCCC2)c1ccc(F)cc1F. The van der Waals surface area contributed by atoms with E-state index in [2.05, 4.69) is 4.72 Å². The number of hydrogen-bond donors (Lipinski definition) is 1. The Balaban J connectivity index is 1.98. The van der Waals surface area contributed by atoms with E-state index in [1.807, 2.05) is 6.07 Å². The number of anilines is 1. The van der Waals surface area contributed by atoms with Gasteiger partial charge in [0.15, 0.2) is 0 Å². The van der Waals surface area contributed by atoms with Crippen LogP contribution in [-0.4, -0.2) is 8.42 Å². The maximum absolute atomic E-state index is 13.7. The van der Waals surface area contributed by atoms with Crippen molar-refractivity contribution < 1.29 is 17.2 Å². The van der Waals surface area contributed by atoms with E-state index in [1.54, 1.807) is 12.1 Å². The molecule has 1 aliphatic rings. The van der Waals surface area contributed by atoms with Crippen LogP contribution in [0.1, 0.15) is 24.0 Å². The third-order valence-corrected chi connectivity index (χ3v) is 5.22. The molecule has 0 unspecified atom stereocenters. The lowest BCUT2D eigenvalue weighted by atomic mass is 9.91. The zero-order valence-corrected chi connectivity index (χ0v) is 12.6. The summed E-state index contributed by atoms with van der Waals surface area (Å²) in [5, 5.41) is 0. The third-order valence-electron chi connectivity index (χ3n) is 3.82. The molecule has 0 saturated carbocycles. The molecule has 0 atom stereocenters. The smallest absolute Gasteiger partial charge is 0.264 e. The fourth-order valence-corrected chi connectivity index (χ4v) is 3.92. The van der Waals surface area contributed by atoms with E-state index >= 15 is 0 Å². The molecule has 22 heavy (non-hydrogen) atoms. The predicted molar refractivity (Wildman–Crippen MR) is 80.3 cm³/mol. The summed E-state index contributed by atoms with van der Waals surface area (Å²) in [6, 6.07) is 7.85. The number of halogens is 2. The highest BCUT2D eigenvalue weighted by atomic mass is 32.2. The summed E-state index contributed by atoms with van der Waals surface area (Å²) >= 11 is 0. The lowest BCUT2D eigenvalue weighted by Gasteiger charge is -2.20. The van der Waals surface area contributed by atoms with Crippen LogP contribution in [0.25, 0.3) is 0 Å². The quantitative estimate of drug-likeness (QED) is 0.937. The van der Waals surface area contributed by atoms with Crippen molar-refractivity contribution >= 4 is 15.7 Å². The number of nitrogens with one attached hydrogen (secondary N) is 1. The molecule has 0 radical (unpaired) electrons. The van der Waals surface area contributed by atoms with Crippen LogP contribution in [0.15, 0.2) is 41.3 Å². The minimum absolute atomic E-state index is 0.473. The Morgan fingerprint density at radius 2 is 1.77 bits per heavy atom. The zero-order valence-electron chi connectivity index (χ0n) is 11.8. The van der Waals surface area contributed by atoms with Crippen molar-refractivity contribution in [3.63, 3.8) is 0 Å². The van der Waals surface area contributed by atoms with Crippen LogP contribution in [0.4, 0.5) is 14.5 Å². The van der Waals surface area contributed by atoms with Crippen LogP contribution in [0.2, 0.25) is 0 Å². The minimum Gasteiger partial charge on any atom is -0.279 e. The minimum atomic E-state index is -4.09. The normalized spacial score (nSPS) is 14.5.